The maximum absolute atomic E-state index is 12.3. The van der Waals surface area contributed by atoms with Crippen molar-refractivity contribution in [3.05, 3.63) is 39.9 Å². The van der Waals surface area contributed by atoms with Crippen LogP contribution in [0.25, 0.3) is 0 Å². The molecule has 0 saturated heterocycles. The quantitative estimate of drug-likeness (QED) is 0.851. The van der Waals surface area contributed by atoms with E-state index in [0.29, 0.717) is 21.3 Å². The minimum atomic E-state index is -0.314. The van der Waals surface area contributed by atoms with E-state index >= 15 is 0 Å². The van der Waals surface area contributed by atoms with Crippen molar-refractivity contribution in [1.29, 1.82) is 0 Å². The van der Waals surface area contributed by atoms with Gasteiger partial charge >= 0.3 is 0 Å². The van der Waals surface area contributed by atoms with Crippen LogP contribution in [0.4, 0.5) is 10.8 Å². The van der Waals surface area contributed by atoms with Crippen molar-refractivity contribution < 1.29 is 14.4 Å². The first kappa shape index (κ1) is 14.4. The molecule has 3 rings (SSSR count). The molecular formula is C15H13N3O3S. The molecular weight excluding hydrogens is 302 g/mol. The smallest absolute Gasteiger partial charge is 0.257 e. The third kappa shape index (κ3) is 2.62. The molecule has 22 heavy (non-hydrogen) atoms. The highest BCUT2D eigenvalue weighted by atomic mass is 32.1. The Kier molecular flexibility index (Phi) is 3.50. The third-order valence-electron chi connectivity index (χ3n) is 3.33. The SMILES string of the molecule is CC(=O)c1sc(NC(=O)c2ccc3c(c2)CC(=O)N3)nc1C. The minimum Gasteiger partial charge on any atom is -0.326 e. The topological polar surface area (TPSA) is 88.2 Å². The maximum Gasteiger partial charge on any atom is 0.257 e. The van der Waals surface area contributed by atoms with Crippen molar-refractivity contribution in [1.82, 2.24) is 4.98 Å². The first-order valence-electron chi connectivity index (χ1n) is 6.66. The number of hydrogen-bond acceptors (Lipinski definition) is 5. The molecule has 2 heterocycles. The lowest BCUT2D eigenvalue weighted by atomic mass is 10.1. The van der Waals surface area contributed by atoms with Gasteiger partial charge in [-0.2, -0.15) is 0 Å². The van der Waals surface area contributed by atoms with E-state index in [-0.39, 0.29) is 24.0 Å². The second kappa shape index (κ2) is 5.34. The summed E-state index contributed by atoms with van der Waals surface area (Å²) in [5, 5.41) is 5.80. The number of benzene rings is 1. The number of ketones is 1. The second-order valence-electron chi connectivity index (χ2n) is 5.04. The lowest BCUT2D eigenvalue weighted by Gasteiger charge is -2.04. The van der Waals surface area contributed by atoms with E-state index in [2.05, 4.69) is 15.6 Å². The Morgan fingerprint density at radius 1 is 1.36 bits per heavy atom. The molecule has 0 unspecified atom stereocenters. The van der Waals surface area contributed by atoms with E-state index in [1.165, 1.54) is 6.92 Å². The van der Waals surface area contributed by atoms with Crippen molar-refractivity contribution in [3.8, 4) is 0 Å². The minimum absolute atomic E-state index is 0.0717. The van der Waals surface area contributed by atoms with Crippen LogP contribution in [0, 0.1) is 6.92 Å². The van der Waals surface area contributed by atoms with Gasteiger partial charge in [-0.05, 0) is 30.7 Å². The average molecular weight is 315 g/mol. The molecule has 112 valence electrons. The molecule has 1 aromatic carbocycles. The Morgan fingerprint density at radius 3 is 2.82 bits per heavy atom. The molecule has 2 N–H and O–H groups in total. The van der Waals surface area contributed by atoms with E-state index < -0.39 is 0 Å². The van der Waals surface area contributed by atoms with E-state index in [9.17, 15) is 14.4 Å². The van der Waals surface area contributed by atoms with Crippen molar-refractivity contribution in [2.45, 2.75) is 20.3 Å². The number of hydrogen-bond donors (Lipinski definition) is 2. The van der Waals surface area contributed by atoms with Crippen molar-refractivity contribution in [2.75, 3.05) is 10.6 Å². The number of thiazole rings is 1. The van der Waals surface area contributed by atoms with Gasteiger partial charge in [0, 0.05) is 18.2 Å². The standard InChI is InChI=1S/C15H13N3O3S/c1-7-13(8(2)19)22-15(16-7)18-14(21)9-3-4-11-10(5-9)6-12(20)17-11/h3-5H,6H2,1-2H3,(H,17,20)(H,16,18,21). The van der Waals surface area contributed by atoms with E-state index in [4.69, 9.17) is 0 Å². The van der Waals surface area contributed by atoms with Gasteiger partial charge in [0.1, 0.15) is 0 Å². The predicted molar refractivity (Wildman–Crippen MR) is 83.6 cm³/mol. The molecule has 6 nitrogen and oxygen atoms in total. The van der Waals surface area contributed by atoms with Crippen molar-refractivity contribution >= 4 is 39.8 Å². The summed E-state index contributed by atoms with van der Waals surface area (Å²) in [6.45, 7) is 3.20. The Morgan fingerprint density at radius 2 is 2.14 bits per heavy atom. The molecule has 0 spiro atoms. The molecule has 0 fully saturated rings. The fourth-order valence-corrected chi connectivity index (χ4v) is 3.17. The molecule has 1 aromatic heterocycles. The summed E-state index contributed by atoms with van der Waals surface area (Å²) in [7, 11) is 0. The lowest BCUT2D eigenvalue weighted by Crippen LogP contribution is -2.11. The van der Waals surface area contributed by atoms with Gasteiger partial charge in [-0.25, -0.2) is 4.98 Å². The number of fused-ring (bicyclic) bond motifs is 1. The van der Waals surface area contributed by atoms with Crippen LogP contribution in [0.15, 0.2) is 18.2 Å². The Hall–Kier alpha value is -2.54. The van der Waals surface area contributed by atoms with Crippen LogP contribution in [0.1, 0.15) is 38.2 Å². The fraction of sp³-hybridized carbons (Fsp3) is 0.200. The Balaban J connectivity index is 1.81. The summed E-state index contributed by atoms with van der Waals surface area (Å²) in [6, 6.07) is 5.05. The van der Waals surface area contributed by atoms with Gasteiger partial charge in [0.25, 0.3) is 5.91 Å². The number of aromatic nitrogens is 1. The highest BCUT2D eigenvalue weighted by Gasteiger charge is 2.20. The average Bonchev–Trinajstić information content (AvgIpc) is 2.99. The second-order valence-corrected chi connectivity index (χ2v) is 6.04. The highest BCUT2D eigenvalue weighted by Crippen LogP contribution is 2.26. The summed E-state index contributed by atoms with van der Waals surface area (Å²) >= 11 is 1.16. The van der Waals surface area contributed by atoms with Crippen LogP contribution in [-0.2, 0) is 11.2 Å². The number of carbonyl (C=O) groups is 3. The largest absolute Gasteiger partial charge is 0.326 e. The number of aryl methyl sites for hydroxylation is 1. The first-order valence-corrected chi connectivity index (χ1v) is 7.48. The Labute approximate surface area is 130 Å². The number of Topliss-reactive ketones (excluding diaryl/α,β-unsaturated/α-hetero) is 1. The predicted octanol–water partition coefficient (Wildman–Crippen LogP) is 2.40. The number of nitrogens with zero attached hydrogens (tertiary/aromatic N) is 1. The lowest BCUT2D eigenvalue weighted by molar-refractivity contribution is -0.115. The fourth-order valence-electron chi connectivity index (χ4n) is 2.32. The summed E-state index contributed by atoms with van der Waals surface area (Å²) in [4.78, 5) is 39.7. The van der Waals surface area contributed by atoms with Crippen LogP contribution in [-0.4, -0.2) is 22.6 Å². The monoisotopic (exact) mass is 315 g/mol. The summed E-state index contributed by atoms with van der Waals surface area (Å²) in [5.74, 6) is -0.460. The normalized spacial score (nSPS) is 12.7. The zero-order valence-corrected chi connectivity index (χ0v) is 12.8. The molecule has 0 bridgehead atoms. The molecule has 1 aliphatic heterocycles. The number of anilines is 2. The van der Waals surface area contributed by atoms with E-state index in [1.807, 2.05) is 0 Å². The third-order valence-corrected chi connectivity index (χ3v) is 4.50. The molecule has 2 aromatic rings. The van der Waals surface area contributed by atoms with Gasteiger partial charge in [0.2, 0.25) is 5.91 Å². The van der Waals surface area contributed by atoms with Crippen molar-refractivity contribution in [3.63, 3.8) is 0 Å². The van der Waals surface area contributed by atoms with Gasteiger partial charge < -0.3 is 5.32 Å². The first-order chi connectivity index (χ1) is 10.4. The number of carbonyl (C=O) groups excluding carboxylic acids is 3. The number of rotatable bonds is 3. The summed E-state index contributed by atoms with van der Waals surface area (Å²) in [5.41, 5.74) is 2.60. The van der Waals surface area contributed by atoms with E-state index in [0.717, 1.165) is 22.6 Å². The Bertz CT molecular complexity index is 810. The molecule has 0 aliphatic carbocycles. The van der Waals surface area contributed by atoms with Gasteiger partial charge in [0.05, 0.1) is 17.0 Å². The number of nitrogens with one attached hydrogen (secondary N) is 2. The molecule has 0 atom stereocenters. The van der Waals surface area contributed by atoms with Crippen LogP contribution < -0.4 is 10.6 Å². The van der Waals surface area contributed by atoms with Gasteiger partial charge in [0.15, 0.2) is 10.9 Å². The summed E-state index contributed by atoms with van der Waals surface area (Å²) < 4.78 is 0. The molecule has 1 aliphatic rings. The van der Waals surface area contributed by atoms with Gasteiger partial charge in [-0.1, -0.05) is 11.3 Å². The molecule has 7 heteroatoms. The van der Waals surface area contributed by atoms with Crippen LogP contribution in [0.2, 0.25) is 0 Å². The van der Waals surface area contributed by atoms with E-state index in [1.54, 1.807) is 25.1 Å². The molecule has 2 amide bonds. The van der Waals surface area contributed by atoms with Crippen LogP contribution in [0.3, 0.4) is 0 Å². The molecule has 0 radical (unpaired) electrons. The number of amides is 2. The van der Waals surface area contributed by atoms with Gasteiger partial charge in [-0.3, -0.25) is 19.7 Å². The van der Waals surface area contributed by atoms with Crippen molar-refractivity contribution in [2.24, 2.45) is 0 Å². The molecule has 0 saturated carbocycles. The van der Waals surface area contributed by atoms with Crippen LogP contribution in [0.5, 0.6) is 0 Å². The maximum atomic E-state index is 12.3. The zero-order chi connectivity index (χ0) is 15.9. The zero-order valence-electron chi connectivity index (χ0n) is 12.0. The summed E-state index contributed by atoms with van der Waals surface area (Å²) in [6.07, 6.45) is 0.279. The van der Waals surface area contributed by atoms with Crippen LogP contribution >= 0.6 is 11.3 Å². The highest BCUT2D eigenvalue weighted by molar-refractivity contribution is 7.17. The van der Waals surface area contributed by atoms with Gasteiger partial charge in [-0.15, -0.1) is 0 Å².